The van der Waals surface area contributed by atoms with Crippen molar-refractivity contribution in [3.8, 4) is 0 Å². The molecule has 1 aliphatic rings. The van der Waals surface area contributed by atoms with Gasteiger partial charge in [0.05, 0.1) is 27.8 Å². The van der Waals surface area contributed by atoms with Gasteiger partial charge < -0.3 is 15.6 Å². The number of piperidine rings is 1. The fourth-order valence-corrected chi connectivity index (χ4v) is 4.30. The summed E-state index contributed by atoms with van der Waals surface area (Å²) in [5.74, 6) is -0.386. The van der Waals surface area contributed by atoms with Crippen LogP contribution in [0.5, 0.6) is 0 Å². The number of nitrogens with one attached hydrogen (secondary N) is 3. The fraction of sp³-hybridized carbons (Fsp3) is 0.261. The molecule has 0 unspecified atom stereocenters. The van der Waals surface area contributed by atoms with Gasteiger partial charge >= 0.3 is 6.18 Å². The van der Waals surface area contributed by atoms with E-state index in [1.807, 2.05) is 0 Å². The van der Waals surface area contributed by atoms with Crippen molar-refractivity contribution >= 4 is 28.1 Å². The Labute approximate surface area is 185 Å². The molecule has 0 saturated carbocycles. The van der Waals surface area contributed by atoms with E-state index in [1.165, 1.54) is 0 Å². The maximum Gasteiger partial charge on any atom is 0.416 e. The Balaban J connectivity index is 1.55. The second-order valence-corrected chi connectivity index (χ2v) is 8.07. The Bertz CT molecular complexity index is 1400. The summed E-state index contributed by atoms with van der Waals surface area (Å²) in [6.07, 6.45) is -2.71. The number of alkyl halides is 3. The number of carbonyl (C=O) groups excluding carboxylic acids is 1. The summed E-state index contributed by atoms with van der Waals surface area (Å²) in [5.41, 5.74) is 1.26. The van der Waals surface area contributed by atoms with Gasteiger partial charge in [0.1, 0.15) is 5.65 Å². The van der Waals surface area contributed by atoms with Crippen LogP contribution in [0.15, 0.2) is 53.3 Å². The highest BCUT2D eigenvalue weighted by molar-refractivity contribution is 6.11. The van der Waals surface area contributed by atoms with Gasteiger partial charge in [-0.05, 0) is 62.3 Å². The molecule has 0 radical (unpaired) electrons. The molecule has 1 saturated heterocycles. The molecule has 10 heteroatoms. The summed E-state index contributed by atoms with van der Waals surface area (Å²) >= 11 is 0. The molecule has 7 nitrogen and oxygen atoms in total. The molecule has 2 aromatic heterocycles. The number of aromatic amines is 1. The first-order chi connectivity index (χ1) is 15.8. The summed E-state index contributed by atoms with van der Waals surface area (Å²) in [5, 5.41) is 11.3. The number of carbonyl (C=O) groups is 1. The molecular formula is C23H20F3N5O2. The average Bonchev–Trinajstić information content (AvgIpc) is 3.18. The van der Waals surface area contributed by atoms with Crippen LogP contribution < -0.4 is 16.2 Å². The number of rotatable bonds is 3. The lowest BCUT2D eigenvalue weighted by molar-refractivity contribution is -0.137. The highest BCUT2D eigenvalue weighted by Gasteiger charge is 2.30. The van der Waals surface area contributed by atoms with Crippen LogP contribution in [-0.4, -0.2) is 33.6 Å². The zero-order valence-electron chi connectivity index (χ0n) is 17.4. The normalized spacial score (nSPS) is 15.2. The molecular weight excluding hydrogens is 435 g/mol. The maximum atomic E-state index is 12.8. The second kappa shape index (κ2) is 8.04. The molecule has 0 bridgehead atoms. The van der Waals surface area contributed by atoms with Crippen LogP contribution in [0.2, 0.25) is 0 Å². The second-order valence-electron chi connectivity index (χ2n) is 8.07. The molecule has 0 atom stereocenters. The van der Waals surface area contributed by atoms with Crippen LogP contribution in [0.25, 0.3) is 16.6 Å². The SMILES string of the molecule is O=C(Nc1cccc2nn3c(C4CCNCC4)cc(=O)[nH]c3c12)c1ccc(C(F)(F)F)cc1. The van der Waals surface area contributed by atoms with Gasteiger partial charge in [-0.3, -0.25) is 9.59 Å². The van der Waals surface area contributed by atoms with E-state index in [9.17, 15) is 22.8 Å². The smallest absolute Gasteiger partial charge is 0.321 e. The van der Waals surface area contributed by atoms with Crippen molar-refractivity contribution in [1.82, 2.24) is 19.9 Å². The largest absolute Gasteiger partial charge is 0.416 e. The fourth-order valence-electron chi connectivity index (χ4n) is 4.30. The lowest BCUT2D eigenvalue weighted by atomic mass is 9.94. The third-order valence-corrected chi connectivity index (χ3v) is 5.94. The number of benzene rings is 2. The van der Waals surface area contributed by atoms with Crippen molar-refractivity contribution in [2.75, 3.05) is 18.4 Å². The number of hydrogen-bond donors (Lipinski definition) is 3. The molecule has 1 amide bonds. The van der Waals surface area contributed by atoms with Crippen LogP contribution in [0.1, 0.15) is 40.4 Å². The van der Waals surface area contributed by atoms with Gasteiger partial charge in [-0.15, -0.1) is 0 Å². The minimum Gasteiger partial charge on any atom is -0.321 e. The zero-order valence-corrected chi connectivity index (χ0v) is 17.4. The van der Waals surface area contributed by atoms with E-state index in [0.29, 0.717) is 22.2 Å². The van der Waals surface area contributed by atoms with E-state index >= 15 is 0 Å². The number of aromatic nitrogens is 3. The molecule has 3 N–H and O–H groups in total. The predicted molar refractivity (Wildman–Crippen MR) is 118 cm³/mol. The van der Waals surface area contributed by atoms with Gasteiger partial charge in [0.2, 0.25) is 0 Å². The van der Waals surface area contributed by atoms with Gasteiger partial charge in [-0.1, -0.05) is 6.07 Å². The third kappa shape index (κ3) is 3.97. The van der Waals surface area contributed by atoms with Crippen molar-refractivity contribution in [2.45, 2.75) is 24.9 Å². The lowest BCUT2D eigenvalue weighted by Gasteiger charge is -2.23. The Morgan fingerprint density at radius 1 is 1.09 bits per heavy atom. The number of nitrogens with zero attached hydrogens (tertiary/aromatic N) is 2. The standard InChI is InChI=1S/C23H20F3N5O2/c24-23(25,26)15-6-4-14(5-7-15)22(33)28-16-2-1-3-17-20(16)21-29-19(32)12-18(31(21)30-17)13-8-10-27-11-9-13/h1-7,12-13,27H,8-11H2,(H,28,33)(H,29,32). The lowest BCUT2D eigenvalue weighted by Crippen LogP contribution is -2.28. The van der Waals surface area contributed by atoms with E-state index in [0.717, 1.165) is 55.9 Å². The number of amides is 1. The summed E-state index contributed by atoms with van der Waals surface area (Å²) in [6.45, 7) is 1.71. The molecule has 33 heavy (non-hydrogen) atoms. The average molecular weight is 455 g/mol. The summed E-state index contributed by atoms with van der Waals surface area (Å²) in [4.78, 5) is 28.0. The van der Waals surface area contributed by atoms with Crippen molar-refractivity contribution in [2.24, 2.45) is 0 Å². The Morgan fingerprint density at radius 2 is 1.82 bits per heavy atom. The van der Waals surface area contributed by atoms with E-state index in [2.05, 4.69) is 20.7 Å². The Morgan fingerprint density at radius 3 is 2.52 bits per heavy atom. The predicted octanol–water partition coefficient (Wildman–Crippen LogP) is 3.91. The Kier molecular flexibility index (Phi) is 5.16. The summed E-state index contributed by atoms with van der Waals surface area (Å²) in [6, 6.07) is 10.7. The molecule has 0 aliphatic carbocycles. The molecule has 5 rings (SSSR count). The van der Waals surface area contributed by atoms with Crippen molar-refractivity contribution in [1.29, 1.82) is 0 Å². The highest BCUT2D eigenvalue weighted by atomic mass is 19.4. The molecule has 1 fully saturated rings. The van der Waals surface area contributed by atoms with E-state index in [4.69, 9.17) is 0 Å². The van der Waals surface area contributed by atoms with E-state index in [-0.39, 0.29) is 17.0 Å². The van der Waals surface area contributed by atoms with Crippen LogP contribution in [-0.2, 0) is 6.18 Å². The number of fused-ring (bicyclic) bond motifs is 3. The molecule has 1 aliphatic heterocycles. The van der Waals surface area contributed by atoms with E-state index < -0.39 is 17.6 Å². The van der Waals surface area contributed by atoms with Crippen LogP contribution >= 0.6 is 0 Å². The quantitative estimate of drug-likeness (QED) is 0.437. The molecule has 2 aromatic carbocycles. The maximum absolute atomic E-state index is 12.8. The molecule has 170 valence electrons. The van der Waals surface area contributed by atoms with Gasteiger partial charge in [0.15, 0.2) is 0 Å². The third-order valence-electron chi connectivity index (χ3n) is 5.94. The number of hydrogen-bond acceptors (Lipinski definition) is 4. The highest BCUT2D eigenvalue weighted by Crippen LogP contribution is 2.31. The van der Waals surface area contributed by atoms with Gasteiger partial charge in [0.25, 0.3) is 11.5 Å². The molecule has 4 aromatic rings. The van der Waals surface area contributed by atoms with Crippen molar-refractivity contribution in [3.05, 3.63) is 75.7 Å². The summed E-state index contributed by atoms with van der Waals surface area (Å²) in [7, 11) is 0. The zero-order chi connectivity index (χ0) is 23.2. The van der Waals surface area contributed by atoms with Crippen LogP contribution in [0, 0.1) is 0 Å². The van der Waals surface area contributed by atoms with Crippen LogP contribution in [0.4, 0.5) is 18.9 Å². The molecule has 3 heterocycles. The Hall–Kier alpha value is -3.66. The van der Waals surface area contributed by atoms with Crippen LogP contribution in [0.3, 0.4) is 0 Å². The topological polar surface area (TPSA) is 91.3 Å². The first kappa shape index (κ1) is 21.2. The monoisotopic (exact) mass is 455 g/mol. The van der Waals surface area contributed by atoms with Gasteiger partial charge in [-0.2, -0.15) is 18.3 Å². The number of halogens is 3. The minimum atomic E-state index is -4.48. The molecule has 0 spiro atoms. The van der Waals surface area contributed by atoms with Crippen molar-refractivity contribution < 1.29 is 18.0 Å². The minimum absolute atomic E-state index is 0.0837. The van der Waals surface area contributed by atoms with Gasteiger partial charge in [0, 0.05) is 17.5 Å². The number of H-pyrrole nitrogens is 1. The van der Waals surface area contributed by atoms with E-state index in [1.54, 1.807) is 28.8 Å². The first-order valence-corrected chi connectivity index (χ1v) is 10.6. The summed E-state index contributed by atoms with van der Waals surface area (Å²) < 4.78 is 40.2. The number of anilines is 1. The first-order valence-electron chi connectivity index (χ1n) is 10.6. The van der Waals surface area contributed by atoms with Crippen molar-refractivity contribution in [3.63, 3.8) is 0 Å². The van der Waals surface area contributed by atoms with Gasteiger partial charge in [-0.25, -0.2) is 4.52 Å².